The molecule has 1 saturated carbocycles. The minimum absolute atomic E-state index is 0.0586. The van der Waals surface area contributed by atoms with Gasteiger partial charge < -0.3 is 9.64 Å². The van der Waals surface area contributed by atoms with Crippen molar-refractivity contribution in [1.29, 1.82) is 0 Å². The highest BCUT2D eigenvalue weighted by Gasteiger charge is 2.34. The first-order valence-electron chi connectivity index (χ1n) is 6.84. The van der Waals surface area contributed by atoms with Gasteiger partial charge in [0.15, 0.2) is 0 Å². The fourth-order valence-electron chi connectivity index (χ4n) is 2.07. The first-order chi connectivity index (χ1) is 9.63. The molecule has 0 aromatic heterocycles. The number of benzene rings is 1. The van der Waals surface area contributed by atoms with Crippen LogP contribution in [0.3, 0.4) is 0 Å². The van der Waals surface area contributed by atoms with Crippen molar-refractivity contribution in [2.24, 2.45) is 0 Å². The average Bonchev–Trinajstić information content (AvgIpc) is 3.24. The highest BCUT2D eigenvalue weighted by Crippen LogP contribution is 2.28. The third kappa shape index (κ3) is 3.56. The number of esters is 1. The number of halogens is 1. The summed E-state index contributed by atoms with van der Waals surface area (Å²) in [6.45, 7) is 2.33. The maximum absolute atomic E-state index is 13.7. The molecule has 4 nitrogen and oxygen atoms in total. The Labute approximate surface area is 117 Å². The highest BCUT2D eigenvalue weighted by molar-refractivity contribution is 5.95. The van der Waals surface area contributed by atoms with E-state index in [0.717, 1.165) is 12.8 Å². The number of carbonyl (C=O) groups is 2. The number of hydrogen-bond donors (Lipinski definition) is 0. The lowest BCUT2D eigenvalue weighted by atomic mass is 10.1. The van der Waals surface area contributed by atoms with Gasteiger partial charge in [-0.2, -0.15) is 0 Å². The smallest absolute Gasteiger partial charge is 0.307 e. The van der Waals surface area contributed by atoms with Crippen LogP contribution in [-0.4, -0.2) is 36.0 Å². The maximum atomic E-state index is 13.7. The summed E-state index contributed by atoms with van der Waals surface area (Å²) in [5.74, 6) is -1.21. The molecule has 1 fully saturated rings. The molecule has 5 heteroatoms. The van der Waals surface area contributed by atoms with E-state index in [1.807, 2.05) is 0 Å². The fourth-order valence-corrected chi connectivity index (χ4v) is 2.07. The zero-order valence-corrected chi connectivity index (χ0v) is 11.5. The summed E-state index contributed by atoms with van der Waals surface area (Å²) in [5.41, 5.74) is 0.0586. The average molecular weight is 279 g/mol. The SMILES string of the molecule is CCOC(=O)CCN(C(=O)c1ccccc1F)C1CC1. The van der Waals surface area contributed by atoms with Gasteiger partial charge in [-0.25, -0.2) is 4.39 Å². The normalized spacial score (nSPS) is 13.9. The molecule has 1 amide bonds. The second-order valence-corrected chi connectivity index (χ2v) is 4.76. The van der Waals surface area contributed by atoms with E-state index in [9.17, 15) is 14.0 Å². The van der Waals surface area contributed by atoms with Crippen LogP contribution in [0.5, 0.6) is 0 Å². The van der Waals surface area contributed by atoms with Crippen molar-refractivity contribution in [3.8, 4) is 0 Å². The van der Waals surface area contributed by atoms with Crippen molar-refractivity contribution in [3.63, 3.8) is 0 Å². The summed E-state index contributed by atoms with van der Waals surface area (Å²) >= 11 is 0. The van der Waals surface area contributed by atoms with Crippen LogP contribution >= 0.6 is 0 Å². The Balaban J connectivity index is 2.03. The predicted molar refractivity (Wildman–Crippen MR) is 71.7 cm³/mol. The molecule has 1 aliphatic carbocycles. The largest absolute Gasteiger partial charge is 0.466 e. The molecule has 1 aliphatic rings. The number of amides is 1. The first-order valence-corrected chi connectivity index (χ1v) is 6.84. The monoisotopic (exact) mass is 279 g/mol. The van der Waals surface area contributed by atoms with E-state index in [-0.39, 0.29) is 36.4 Å². The van der Waals surface area contributed by atoms with Gasteiger partial charge in [0.2, 0.25) is 0 Å². The summed E-state index contributed by atoms with van der Waals surface area (Å²) in [6, 6.07) is 6.04. The molecule has 0 spiro atoms. The van der Waals surface area contributed by atoms with E-state index in [1.165, 1.54) is 12.1 Å². The van der Waals surface area contributed by atoms with Crippen LogP contribution in [-0.2, 0) is 9.53 Å². The summed E-state index contributed by atoms with van der Waals surface area (Å²) in [5, 5.41) is 0. The second-order valence-electron chi connectivity index (χ2n) is 4.76. The Morgan fingerprint density at radius 1 is 1.35 bits per heavy atom. The highest BCUT2D eigenvalue weighted by atomic mass is 19.1. The van der Waals surface area contributed by atoms with Gasteiger partial charge in [0.05, 0.1) is 18.6 Å². The Morgan fingerprint density at radius 2 is 2.05 bits per heavy atom. The van der Waals surface area contributed by atoms with Gasteiger partial charge in [0, 0.05) is 12.6 Å². The zero-order valence-electron chi connectivity index (χ0n) is 11.5. The fraction of sp³-hybridized carbons (Fsp3) is 0.467. The van der Waals surface area contributed by atoms with Crippen LogP contribution in [0.4, 0.5) is 4.39 Å². The van der Waals surface area contributed by atoms with Gasteiger partial charge >= 0.3 is 5.97 Å². The standard InChI is InChI=1S/C15H18FNO3/c1-2-20-14(18)9-10-17(11-7-8-11)15(19)12-5-3-4-6-13(12)16/h3-6,11H,2,7-10H2,1H3. The Hall–Kier alpha value is -1.91. The third-order valence-electron chi connectivity index (χ3n) is 3.21. The van der Waals surface area contributed by atoms with E-state index in [0.29, 0.717) is 6.61 Å². The molecule has 0 unspecified atom stereocenters. The van der Waals surface area contributed by atoms with Crippen molar-refractivity contribution in [2.75, 3.05) is 13.2 Å². The molecule has 0 saturated heterocycles. The van der Waals surface area contributed by atoms with Gasteiger partial charge in [0.25, 0.3) is 5.91 Å². The minimum Gasteiger partial charge on any atom is -0.466 e. The maximum Gasteiger partial charge on any atom is 0.307 e. The summed E-state index contributed by atoms with van der Waals surface area (Å²) in [7, 11) is 0. The van der Waals surface area contributed by atoms with Crippen molar-refractivity contribution >= 4 is 11.9 Å². The molecule has 0 radical (unpaired) electrons. The van der Waals surface area contributed by atoms with Crippen LogP contribution in [0, 0.1) is 5.82 Å². The Bertz CT molecular complexity index is 500. The van der Waals surface area contributed by atoms with E-state index in [4.69, 9.17) is 4.74 Å². The van der Waals surface area contributed by atoms with Gasteiger partial charge in [0.1, 0.15) is 5.82 Å². The number of nitrogens with zero attached hydrogens (tertiary/aromatic N) is 1. The molecule has 2 rings (SSSR count). The minimum atomic E-state index is -0.528. The van der Waals surface area contributed by atoms with Crippen molar-refractivity contribution in [3.05, 3.63) is 35.6 Å². The summed E-state index contributed by atoms with van der Waals surface area (Å²) in [6.07, 6.45) is 1.95. The van der Waals surface area contributed by atoms with Crippen LogP contribution in [0.15, 0.2) is 24.3 Å². The molecule has 108 valence electrons. The molecule has 0 heterocycles. The number of ether oxygens (including phenoxy) is 1. The first kappa shape index (κ1) is 14.5. The van der Waals surface area contributed by atoms with E-state index >= 15 is 0 Å². The molecular weight excluding hydrogens is 261 g/mol. The Kier molecular flexibility index (Phi) is 4.71. The molecule has 0 atom stereocenters. The van der Waals surface area contributed by atoms with Gasteiger partial charge in [-0.15, -0.1) is 0 Å². The topological polar surface area (TPSA) is 46.6 Å². The summed E-state index contributed by atoms with van der Waals surface area (Å²) < 4.78 is 18.5. The lowest BCUT2D eigenvalue weighted by Gasteiger charge is -2.22. The molecule has 1 aromatic carbocycles. The lowest BCUT2D eigenvalue weighted by Crippen LogP contribution is -2.35. The van der Waals surface area contributed by atoms with E-state index < -0.39 is 5.82 Å². The molecular formula is C15H18FNO3. The van der Waals surface area contributed by atoms with Crippen molar-refractivity contribution in [2.45, 2.75) is 32.2 Å². The van der Waals surface area contributed by atoms with Crippen LogP contribution in [0.25, 0.3) is 0 Å². The number of rotatable bonds is 6. The molecule has 0 N–H and O–H groups in total. The predicted octanol–water partition coefficient (Wildman–Crippen LogP) is 2.38. The van der Waals surface area contributed by atoms with Gasteiger partial charge in [-0.05, 0) is 31.9 Å². The lowest BCUT2D eigenvalue weighted by molar-refractivity contribution is -0.143. The molecule has 0 aliphatic heterocycles. The Morgan fingerprint density at radius 3 is 2.65 bits per heavy atom. The summed E-state index contributed by atoms with van der Waals surface area (Å²) in [4.78, 5) is 25.3. The number of carbonyl (C=O) groups excluding carboxylic acids is 2. The number of hydrogen-bond acceptors (Lipinski definition) is 3. The molecule has 0 bridgehead atoms. The third-order valence-corrected chi connectivity index (χ3v) is 3.21. The molecule has 1 aromatic rings. The molecule has 20 heavy (non-hydrogen) atoms. The zero-order chi connectivity index (χ0) is 14.5. The van der Waals surface area contributed by atoms with Crippen molar-refractivity contribution in [1.82, 2.24) is 4.90 Å². The van der Waals surface area contributed by atoms with Crippen LogP contribution in [0.1, 0.15) is 36.5 Å². The second kappa shape index (κ2) is 6.50. The van der Waals surface area contributed by atoms with Gasteiger partial charge in [-0.3, -0.25) is 9.59 Å². The van der Waals surface area contributed by atoms with Crippen LogP contribution in [0.2, 0.25) is 0 Å². The quantitative estimate of drug-likeness (QED) is 0.751. The van der Waals surface area contributed by atoms with Gasteiger partial charge in [-0.1, -0.05) is 12.1 Å². The van der Waals surface area contributed by atoms with E-state index in [2.05, 4.69) is 0 Å². The van der Waals surface area contributed by atoms with E-state index in [1.54, 1.807) is 24.0 Å². The van der Waals surface area contributed by atoms with Crippen LogP contribution < -0.4 is 0 Å². The van der Waals surface area contributed by atoms with Crippen molar-refractivity contribution < 1.29 is 18.7 Å².